The fraction of sp³-hybridized carbons (Fsp3) is 0.200. The maximum absolute atomic E-state index is 11.8. The number of amides is 1. The van der Waals surface area contributed by atoms with Crippen LogP contribution in [-0.4, -0.2) is 28.5 Å². The van der Waals surface area contributed by atoms with E-state index in [0.29, 0.717) is 5.69 Å². The first-order chi connectivity index (χ1) is 7.56. The lowest BCUT2D eigenvalue weighted by Crippen LogP contribution is -2.43. The van der Waals surface area contributed by atoms with Gasteiger partial charge < -0.3 is 4.90 Å². The number of anilines is 1. The fourth-order valence-electron chi connectivity index (χ4n) is 1.49. The number of hydrogen-bond donors (Lipinski definition) is 0. The molecule has 1 aliphatic rings. The van der Waals surface area contributed by atoms with Crippen LogP contribution in [-0.2, 0) is 4.79 Å². The molecule has 0 aliphatic carbocycles. The highest BCUT2D eigenvalue weighted by molar-refractivity contribution is 9.10. The van der Waals surface area contributed by atoms with E-state index in [1.807, 2.05) is 6.07 Å². The van der Waals surface area contributed by atoms with Crippen molar-refractivity contribution in [3.63, 3.8) is 0 Å². The highest BCUT2D eigenvalue weighted by Crippen LogP contribution is 2.28. The van der Waals surface area contributed by atoms with Gasteiger partial charge in [-0.15, -0.1) is 0 Å². The molecule has 0 saturated heterocycles. The van der Waals surface area contributed by atoms with Crippen molar-refractivity contribution in [1.82, 2.24) is 4.98 Å². The normalized spacial score (nSPS) is 19.3. The number of alkyl halides is 1. The minimum absolute atomic E-state index is 0.156. The van der Waals surface area contributed by atoms with Gasteiger partial charge in [0, 0.05) is 7.05 Å². The van der Waals surface area contributed by atoms with Gasteiger partial charge in [-0.2, -0.15) is 5.26 Å². The Kier molecular flexibility index (Phi) is 2.48. The van der Waals surface area contributed by atoms with Crippen molar-refractivity contribution in [3.05, 3.63) is 23.5 Å². The SMILES string of the molecule is CN1C(=O)C(Br)C(=O)c2nc(C#N)ccc21. The number of nitriles is 1. The smallest absolute Gasteiger partial charge is 0.248 e. The number of halogens is 1. The molecule has 2 heterocycles. The van der Waals surface area contributed by atoms with Crippen molar-refractivity contribution in [2.45, 2.75) is 4.83 Å². The van der Waals surface area contributed by atoms with Crippen LogP contribution in [0.4, 0.5) is 5.69 Å². The zero-order chi connectivity index (χ0) is 11.9. The summed E-state index contributed by atoms with van der Waals surface area (Å²) in [6.07, 6.45) is 0. The van der Waals surface area contributed by atoms with Gasteiger partial charge in [-0.25, -0.2) is 4.98 Å². The van der Waals surface area contributed by atoms with Gasteiger partial charge in [0.1, 0.15) is 17.5 Å². The number of carbonyl (C=O) groups is 2. The maximum Gasteiger partial charge on any atom is 0.248 e. The Morgan fingerprint density at radius 2 is 2.19 bits per heavy atom. The molecule has 0 bridgehead atoms. The molecule has 0 radical (unpaired) electrons. The van der Waals surface area contributed by atoms with Gasteiger partial charge in [-0.1, -0.05) is 15.9 Å². The Bertz CT molecular complexity index is 535. The summed E-state index contributed by atoms with van der Waals surface area (Å²) in [5.41, 5.74) is 0.752. The summed E-state index contributed by atoms with van der Waals surface area (Å²) in [4.78, 5) is 27.7. The molecule has 1 aliphatic heterocycles. The highest BCUT2D eigenvalue weighted by Gasteiger charge is 2.37. The summed E-state index contributed by atoms with van der Waals surface area (Å²) in [5, 5.41) is 8.69. The molecule has 1 aromatic rings. The van der Waals surface area contributed by atoms with Crippen molar-refractivity contribution >= 4 is 33.3 Å². The number of aromatic nitrogens is 1. The van der Waals surface area contributed by atoms with Crippen LogP contribution in [0.5, 0.6) is 0 Å². The van der Waals surface area contributed by atoms with Gasteiger partial charge in [0.15, 0.2) is 4.83 Å². The molecule has 0 fully saturated rings. The maximum atomic E-state index is 11.8. The van der Waals surface area contributed by atoms with E-state index >= 15 is 0 Å². The molecule has 2 rings (SSSR count). The second-order valence-corrected chi connectivity index (χ2v) is 4.22. The van der Waals surface area contributed by atoms with Crippen LogP contribution in [0.15, 0.2) is 12.1 Å². The van der Waals surface area contributed by atoms with Crippen molar-refractivity contribution in [2.75, 3.05) is 11.9 Å². The number of pyridine rings is 1. The fourth-order valence-corrected chi connectivity index (χ4v) is 2.01. The topological polar surface area (TPSA) is 74.1 Å². The summed E-state index contributed by atoms with van der Waals surface area (Å²) in [6, 6.07) is 4.88. The first-order valence-corrected chi connectivity index (χ1v) is 5.35. The molecule has 1 amide bonds. The average molecular weight is 280 g/mol. The number of ketones is 1. The molecule has 16 heavy (non-hydrogen) atoms. The van der Waals surface area contributed by atoms with Crippen LogP contribution in [0.25, 0.3) is 0 Å². The lowest BCUT2D eigenvalue weighted by Gasteiger charge is -2.26. The quantitative estimate of drug-likeness (QED) is 0.522. The highest BCUT2D eigenvalue weighted by atomic mass is 79.9. The Hall–Kier alpha value is -1.74. The van der Waals surface area contributed by atoms with Crippen molar-refractivity contribution in [1.29, 1.82) is 5.26 Å². The van der Waals surface area contributed by atoms with Crippen LogP contribution in [0.3, 0.4) is 0 Å². The molecule has 0 saturated carbocycles. The number of carbonyl (C=O) groups excluding carboxylic acids is 2. The Labute approximate surface area is 99.8 Å². The molecule has 6 heteroatoms. The lowest BCUT2D eigenvalue weighted by molar-refractivity contribution is -0.117. The average Bonchev–Trinajstić information content (AvgIpc) is 2.33. The van der Waals surface area contributed by atoms with Crippen molar-refractivity contribution < 1.29 is 9.59 Å². The van der Waals surface area contributed by atoms with E-state index in [2.05, 4.69) is 20.9 Å². The molecule has 0 spiro atoms. The number of fused-ring (bicyclic) bond motifs is 1. The summed E-state index contributed by atoms with van der Waals surface area (Å²) in [5.74, 6) is -0.737. The van der Waals surface area contributed by atoms with Crippen molar-refractivity contribution in [3.8, 4) is 6.07 Å². The van der Waals surface area contributed by atoms with E-state index in [9.17, 15) is 9.59 Å². The van der Waals surface area contributed by atoms with Gasteiger partial charge in [0.05, 0.1) is 5.69 Å². The second-order valence-electron chi connectivity index (χ2n) is 3.30. The Morgan fingerprint density at radius 3 is 2.81 bits per heavy atom. The van der Waals surface area contributed by atoms with Crippen LogP contribution in [0, 0.1) is 11.3 Å². The van der Waals surface area contributed by atoms with E-state index in [4.69, 9.17) is 5.26 Å². The van der Waals surface area contributed by atoms with Crippen LogP contribution in [0.2, 0.25) is 0 Å². The van der Waals surface area contributed by atoms with E-state index in [0.717, 1.165) is 0 Å². The van der Waals surface area contributed by atoms with Crippen LogP contribution in [0.1, 0.15) is 16.2 Å². The van der Waals surface area contributed by atoms with Crippen molar-refractivity contribution in [2.24, 2.45) is 0 Å². The largest absolute Gasteiger partial charge is 0.312 e. The van der Waals surface area contributed by atoms with E-state index in [-0.39, 0.29) is 17.3 Å². The molecular weight excluding hydrogens is 274 g/mol. The molecule has 80 valence electrons. The predicted octanol–water partition coefficient (Wildman–Crippen LogP) is 0.876. The summed E-state index contributed by atoms with van der Waals surface area (Å²) in [6.45, 7) is 0. The molecular formula is C10H6BrN3O2. The number of rotatable bonds is 0. The summed E-state index contributed by atoms with van der Waals surface area (Å²) < 4.78 is 0. The van der Waals surface area contributed by atoms with Gasteiger partial charge in [-0.3, -0.25) is 9.59 Å². The summed E-state index contributed by atoms with van der Waals surface area (Å²) >= 11 is 3.01. The monoisotopic (exact) mass is 279 g/mol. The second kappa shape index (κ2) is 3.68. The zero-order valence-electron chi connectivity index (χ0n) is 8.27. The van der Waals surface area contributed by atoms with Gasteiger partial charge in [0.25, 0.3) is 0 Å². The van der Waals surface area contributed by atoms with Crippen LogP contribution < -0.4 is 4.90 Å². The van der Waals surface area contributed by atoms with Gasteiger partial charge >= 0.3 is 0 Å². The van der Waals surface area contributed by atoms with E-state index < -0.39 is 10.6 Å². The number of hydrogen-bond acceptors (Lipinski definition) is 4. The third-order valence-electron chi connectivity index (χ3n) is 2.36. The minimum atomic E-state index is -0.911. The van der Waals surface area contributed by atoms with Gasteiger partial charge in [0.2, 0.25) is 11.7 Å². The minimum Gasteiger partial charge on any atom is -0.312 e. The third-order valence-corrected chi connectivity index (χ3v) is 3.17. The van der Waals surface area contributed by atoms with E-state index in [1.54, 1.807) is 13.1 Å². The lowest BCUT2D eigenvalue weighted by atomic mass is 10.1. The zero-order valence-corrected chi connectivity index (χ0v) is 9.85. The van der Waals surface area contributed by atoms with Gasteiger partial charge in [-0.05, 0) is 12.1 Å². The standard InChI is InChI=1S/C10H6BrN3O2/c1-14-6-3-2-5(4-12)13-8(6)9(15)7(11)10(14)16/h2-3,7H,1H3. The molecule has 0 N–H and O–H groups in total. The molecule has 1 aromatic heterocycles. The number of nitrogens with zero attached hydrogens (tertiary/aromatic N) is 3. The summed E-state index contributed by atoms with van der Waals surface area (Å²) in [7, 11) is 1.57. The Balaban J connectivity index is 2.65. The molecule has 5 nitrogen and oxygen atoms in total. The first-order valence-electron chi connectivity index (χ1n) is 4.43. The molecule has 1 atom stereocenters. The first kappa shape index (κ1) is 10.8. The molecule has 1 unspecified atom stereocenters. The van der Waals surface area contributed by atoms with E-state index in [1.165, 1.54) is 11.0 Å². The van der Waals surface area contributed by atoms with Crippen LogP contribution >= 0.6 is 15.9 Å². The predicted molar refractivity (Wildman–Crippen MR) is 59.4 cm³/mol. The Morgan fingerprint density at radius 1 is 1.50 bits per heavy atom. The third kappa shape index (κ3) is 1.41. The molecule has 0 aromatic carbocycles. The number of Topliss-reactive ketones (excluding diaryl/α,β-unsaturated/α-hetero) is 1.